The Bertz CT molecular complexity index is 426. The molecule has 100 valence electrons. The van der Waals surface area contributed by atoms with Crippen molar-refractivity contribution >= 4 is 5.97 Å². The molecule has 0 heterocycles. The van der Waals surface area contributed by atoms with Gasteiger partial charge in [-0.2, -0.15) is 0 Å². The monoisotopic (exact) mass is 259 g/mol. The summed E-state index contributed by atoms with van der Waals surface area (Å²) < 4.78 is 26.4. The number of hydrogen-bond donors (Lipinski definition) is 3. The smallest absolute Gasteiger partial charge is 0.317 e. The van der Waals surface area contributed by atoms with E-state index in [1.54, 1.807) is 6.92 Å². The van der Waals surface area contributed by atoms with Crippen molar-refractivity contribution in [3.8, 4) is 0 Å². The SMILES string of the molecule is CCC(NCC(=O)O)C(O)c1cc(F)ccc1F. The molecule has 0 aromatic heterocycles. The number of hydrogen-bond acceptors (Lipinski definition) is 3. The molecule has 0 saturated carbocycles. The van der Waals surface area contributed by atoms with Gasteiger partial charge in [0.2, 0.25) is 0 Å². The van der Waals surface area contributed by atoms with E-state index in [0.29, 0.717) is 6.42 Å². The summed E-state index contributed by atoms with van der Waals surface area (Å²) in [6, 6.07) is 2.14. The van der Waals surface area contributed by atoms with Gasteiger partial charge in [-0.05, 0) is 24.6 Å². The largest absolute Gasteiger partial charge is 0.480 e. The normalized spacial score (nSPS) is 14.2. The average molecular weight is 259 g/mol. The van der Waals surface area contributed by atoms with Gasteiger partial charge in [0.15, 0.2) is 0 Å². The van der Waals surface area contributed by atoms with Gasteiger partial charge in [-0.25, -0.2) is 8.78 Å². The van der Waals surface area contributed by atoms with Crippen molar-refractivity contribution in [1.29, 1.82) is 0 Å². The predicted molar refractivity (Wildman–Crippen MR) is 61.0 cm³/mol. The molecule has 0 radical (unpaired) electrons. The van der Waals surface area contributed by atoms with E-state index in [0.717, 1.165) is 18.2 Å². The van der Waals surface area contributed by atoms with Gasteiger partial charge >= 0.3 is 5.97 Å². The van der Waals surface area contributed by atoms with Gasteiger partial charge in [0.1, 0.15) is 11.6 Å². The molecule has 0 aliphatic heterocycles. The minimum Gasteiger partial charge on any atom is -0.480 e. The standard InChI is InChI=1S/C12H15F2NO3/c1-2-10(15-6-11(16)17)12(18)8-5-7(13)3-4-9(8)14/h3-5,10,12,15,18H,2,6H2,1H3,(H,16,17). The van der Waals surface area contributed by atoms with Gasteiger partial charge in [0, 0.05) is 11.6 Å². The molecule has 1 aromatic carbocycles. The topological polar surface area (TPSA) is 69.6 Å². The lowest BCUT2D eigenvalue weighted by molar-refractivity contribution is -0.136. The maximum Gasteiger partial charge on any atom is 0.317 e. The highest BCUT2D eigenvalue weighted by Crippen LogP contribution is 2.22. The van der Waals surface area contributed by atoms with Crippen molar-refractivity contribution in [2.75, 3.05) is 6.54 Å². The number of nitrogens with one attached hydrogen (secondary N) is 1. The quantitative estimate of drug-likeness (QED) is 0.723. The Morgan fingerprint density at radius 2 is 2.11 bits per heavy atom. The molecule has 0 bridgehead atoms. The summed E-state index contributed by atoms with van der Waals surface area (Å²) in [4.78, 5) is 10.4. The summed E-state index contributed by atoms with van der Waals surface area (Å²) >= 11 is 0. The van der Waals surface area contributed by atoms with Crippen LogP contribution in [0.4, 0.5) is 8.78 Å². The van der Waals surface area contributed by atoms with E-state index in [9.17, 15) is 18.7 Å². The summed E-state index contributed by atoms with van der Waals surface area (Å²) in [5, 5.41) is 21.0. The first-order valence-corrected chi connectivity index (χ1v) is 5.54. The molecule has 2 atom stereocenters. The van der Waals surface area contributed by atoms with Crippen LogP contribution < -0.4 is 5.32 Å². The molecule has 0 spiro atoms. The van der Waals surface area contributed by atoms with Crippen LogP contribution in [0.2, 0.25) is 0 Å². The first-order valence-electron chi connectivity index (χ1n) is 5.54. The van der Waals surface area contributed by atoms with E-state index < -0.39 is 29.7 Å². The maximum absolute atomic E-state index is 13.4. The fraction of sp³-hybridized carbons (Fsp3) is 0.417. The number of aliphatic carboxylic acids is 1. The van der Waals surface area contributed by atoms with E-state index in [2.05, 4.69) is 5.32 Å². The number of carboxylic acids is 1. The van der Waals surface area contributed by atoms with E-state index in [1.165, 1.54) is 0 Å². The Balaban J connectivity index is 2.85. The number of benzene rings is 1. The third kappa shape index (κ3) is 3.75. The minimum atomic E-state index is -1.30. The first kappa shape index (κ1) is 14.5. The third-order valence-corrected chi connectivity index (χ3v) is 2.61. The van der Waals surface area contributed by atoms with Crippen molar-refractivity contribution in [1.82, 2.24) is 5.32 Å². The van der Waals surface area contributed by atoms with Crippen LogP contribution >= 0.6 is 0 Å². The van der Waals surface area contributed by atoms with Crippen LogP contribution in [0.15, 0.2) is 18.2 Å². The zero-order chi connectivity index (χ0) is 13.7. The second-order valence-electron chi connectivity index (χ2n) is 3.90. The van der Waals surface area contributed by atoms with Crippen LogP contribution in [-0.4, -0.2) is 28.8 Å². The van der Waals surface area contributed by atoms with Crippen LogP contribution in [0, 0.1) is 11.6 Å². The third-order valence-electron chi connectivity index (χ3n) is 2.61. The maximum atomic E-state index is 13.4. The lowest BCUT2D eigenvalue weighted by atomic mass is 9.99. The second kappa shape index (κ2) is 6.42. The Morgan fingerprint density at radius 1 is 1.44 bits per heavy atom. The molecule has 1 rings (SSSR count). The number of aliphatic hydroxyl groups excluding tert-OH is 1. The number of carboxylic acid groups (broad SMARTS) is 1. The van der Waals surface area contributed by atoms with Gasteiger partial charge in [0.25, 0.3) is 0 Å². The molecule has 0 saturated heterocycles. The van der Waals surface area contributed by atoms with Crippen LogP contribution in [0.1, 0.15) is 25.0 Å². The zero-order valence-corrected chi connectivity index (χ0v) is 9.86. The van der Waals surface area contributed by atoms with Crippen LogP contribution in [-0.2, 0) is 4.79 Å². The van der Waals surface area contributed by atoms with Crippen molar-refractivity contribution in [2.24, 2.45) is 0 Å². The molecule has 3 N–H and O–H groups in total. The van der Waals surface area contributed by atoms with Gasteiger partial charge in [-0.1, -0.05) is 6.92 Å². The van der Waals surface area contributed by atoms with Gasteiger partial charge in [-0.3, -0.25) is 4.79 Å². The summed E-state index contributed by atoms with van der Waals surface area (Å²) in [5.41, 5.74) is -0.181. The summed E-state index contributed by atoms with van der Waals surface area (Å²) in [5.74, 6) is -2.46. The van der Waals surface area contributed by atoms with Crippen LogP contribution in [0.25, 0.3) is 0 Å². The highest BCUT2D eigenvalue weighted by atomic mass is 19.1. The van der Waals surface area contributed by atoms with Crippen LogP contribution in [0.3, 0.4) is 0 Å². The van der Waals surface area contributed by atoms with Gasteiger partial charge < -0.3 is 15.5 Å². The van der Waals surface area contributed by atoms with Gasteiger partial charge in [-0.15, -0.1) is 0 Å². The Labute approximate surface area is 103 Å². The first-order chi connectivity index (χ1) is 8.45. The lowest BCUT2D eigenvalue weighted by Crippen LogP contribution is -2.38. The molecule has 1 aromatic rings. The number of halogens is 2. The molecule has 2 unspecified atom stereocenters. The number of aliphatic hydroxyl groups is 1. The van der Waals surface area contributed by atoms with Crippen molar-refractivity contribution in [2.45, 2.75) is 25.5 Å². The van der Waals surface area contributed by atoms with Crippen molar-refractivity contribution < 1.29 is 23.8 Å². The highest BCUT2D eigenvalue weighted by Gasteiger charge is 2.22. The molecule has 0 aliphatic rings. The molecule has 0 fully saturated rings. The Morgan fingerprint density at radius 3 is 2.67 bits per heavy atom. The van der Waals surface area contributed by atoms with E-state index in [-0.39, 0.29) is 12.1 Å². The van der Waals surface area contributed by atoms with E-state index in [4.69, 9.17) is 5.11 Å². The minimum absolute atomic E-state index is 0.181. The fourth-order valence-electron chi connectivity index (χ4n) is 1.66. The molecule has 0 aliphatic carbocycles. The second-order valence-corrected chi connectivity index (χ2v) is 3.90. The van der Waals surface area contributed by atoms with E-state index >= 15 is 0 Å². The van der Waals surface area contributed by atoms with E-state index in [1.807, 2.05) is 0 Å². The molecular formula is C12H15F2NO3. The summed E-state index contributed by atoms with van der Waals surface area (Å²) in [6.07, 6.45) is -0.922. The fourth-order valence-corrected chi connectivity index (χ4v) is 1.66. The summed E-state index contributed by atoms with van der Waals surface area (Å²) in [7, 11) is 0. The van der Waals surface area contributed by atoms with Crippen molar-refractivity contribution in [3.63, 3.8) is 0 Å². The Kier molecular flexibility index (Phi) is 5.18. The molecule has 4 nitrogen and oxygen atoms in total. The van der Waals surface area contributed by atoms with Crippen LogP contribution in [0.5, 0.6) is 0 Å². The molecular weight excluding hydrogens is 244 g/mol. The predicted octanol–water partition coefficient (Wildman–Crippen LogP) is 1.45. The average Bonchev–Trinajstić information content (AvgIpc) is 2.32. The molecule has 0 amide bonds. The highest BCUT2D eigenvalue weighted by molar-refractivity contribution is 5.69. The van der Waals surface area contributed by atoms with Crippen molar-refractivity contribution in [3.05, 3.63) is 35.4 Å². The van der Waals surface area contributed by atoms with Gasteiger partial charge in [0.05, 0.1) is 12.6 Å². The summed E-state index contributed by atoms with van der Waals surface area (Å²) in [6.45, 7) is 1.35. The lowest BCUT2D eigenvalue weighted by Gasteiger charge is -2.23. The molecule has 6 heteroatoms. The Hall–Kier alpha value is -1.53. The number of rotatable bonds is 6. The zero-order valence-electron chi connectivity index (χ0n) is 9.86. The molecule has 18 heavy (non-hydrogen) atoms. The number of carbonyl (C=O) groups is 1.